The summed E-state index contributed by atoms with van der Waals surface area (Å²) in [6, 6.07) is 0.724. The summed E-state index contributed by atoms with van der Waals surface area (Å²) in [6.07, 6.45) is 5.09. The minimum Gasteiger partial charge on any atom is -0.314 e. The zero-order chi connectivity index (χ0) is 13.9. The molecule has 1 unspecified atom stereocenters. The van der Waals surface area contributed by atoms with Crippen molar-refractivity contribution in [2.45, 2.75) is 50.8 Å². The van der Waals surface area contributed by atoms with Gasteiger partial charge in [-0.15, -0.1) is 0 Å². The lowest BCUT2D eigenvalue weighted by atomic mass is 9.88. The summed E-state index contributed by atoms with van der Waals surface area (Å²) >= 11 is 0. The zero-order valence-electron chi connectivity index (χ0n) is 12.3. The first-order valence-electron chi connectivity index (χ1n) is 7.66. The molecule has 0 bridgehead atoms. The van der Waals surface area contributed by atoms with Gasteiger partial charge in [0.15, 0.2) is 9.84 Å². The number of nitrogens with one attached hydrogen (secondary N) is 1. The third kappa shape index (κ3) is 4.17. The van der Waals surface area contributed by atoms with Gasteiger partial charge in [0.25, 0.3) is 0 Å². The van der Waals surface area contributed by atoms with Crippen molar-refractivity contribution in [1.29, 1.82) is 0 Å². The van der Waals surface area contributed by atoms with Gasteiger partial charge in [0.2, 0.25) is 0 Å². The Hall–Kier alpha value is -0.130. The van der Waals surface area contributed by atoms with Gasteiger partial charge in [-0.3, -0.25) is 0 Å². The van der Waals surface area contributed by atoms with E-state index in [9.17, 15) is 8.42 Å². The Morgan fingerprint density at radius 3 is 2.42 bits per heavy atom. The second kappa shape index (κ2) is 6.55. The van der Waals surface area contributed by atoms with Gasteiger partial charge in [0.1, 0.15) is 0 Å². The molecule has 112 valence electrons. The molecule has 2 aliphatic heterocycles. The topological polar surface area (TPSA) is 49.4 Å². The molecular formula is C14H28N2O2S. The highest BCUT2D eigenvalue weighted by atomic mass is 32.2. The van der Waals surface area contributed by atoms with Gasteiger partial charge < -0.3 is 10.2 Å². The maximum absolute atomic E-state index is 11.8. The highest BCUT2D eigenvalue weighted by Crippen LogP contribution is 2.25. The van der Waals surface area contributed by atoms with Crippen LogP contribution in [-0.2, 0) is 9.84 Å². The monoisotopic (exact) mass is 288 g/mol. The predicted octanol–water partition coefficient (Wildman–Crippen LogP) is 1.27. The van der Waals surface area contributed by atoms with Crippen LogP contribution in [-0.4, -0.2) is 56.5 Å². The summed E-state index contributed by atoms with van der Waals surface area (Å²) in [5.74, 6) is 1.12. The van der Waals surface area contributed by atoms with Crippen LogP contribution >= 0.6 is 0 Å². The number of nitrogens with zero attached hydrogens (tertiary/aromatic N) is 1. The molecule has 0 aliphatic carbocycles. The number of rotatable bonds is 5. The van der Waals surface area contributed by atoms with Crippen LogP contribution in [0.25, 0.3) is 0 Å². The average Bonchev–Trinajstić information content (AvgIpc) is 2.91. The Kier molecular flexibility index (Phi) is 5.26. The molecule has 2 fully saturated rings. The van der Waals surface area contributed by atoms with E-state index < -0.39 is 9.84 Å². The smallest absolute Gasteiger partial charge is 0.153 e. The molecular weight excluding hydrogens is 260 g/mol. The second-order valence-corrected chi connectivity index (χ2v) is 8.97. The molecule has 2 aliphatic rings. The first-order chi connectivity index (χ1) is 8.99. The first-order valence-corrected chi connectivity index (χ1v) is 9.38. The maximum atomic E-state index is 11.8. The second-order valence-electron chi connectivity index (χ2n) is 6.30. The molecule has 0 spiro atoms. The molecule has 0 aromatic rings. The molecule has 2 rings (SSSR count). The van der Waals surface area contributed by atoms with Crippen molar-refractivity contribution in [3.8, 4) is 0 Å². The number of likely N-dealkylation sites (tertiary alicyclic amines) is 1. The fourth-order valence-electron chi connectivity index (χ4n) is 3.18. The Balaban J connectivity index is 1.71. The van der Waals surface area contributed by atoms with E-state index in [-0.39, 0.29) is 5.25 Å². The summed E-state index contributed by atoms with van der Waals surface area (Å²) in [6.45, 7) is 7.57. The molecule has 0 amide bonds. The van der Waals surface area contributed by atoms with Crippen molar-refractivity contribution in [2.75, 3.05) is 31.9 Å². The van der Waals surface area contributed by atoms with Crippen LogP contribution in [0.1, 0.15) is 39.5 Å². The van der Waals surface area contributed by atoms with Gasteiger partial charge in [-0.05, 0) is 65.1 Å². The number of sulfone groups is 1. The molecule has 1 atom stereocenters. The highest BCUT2D eigenvalue weighted by Gasteiger charge is 2.28. The van der Waals surface area contributed by atoms with E-state index in [0.29, 0.717) is 12.3 Å². The highest BCUT2D eigenvalue weighted by molar-refractivity contribution is 7.92. The Morgan fingerprint density at radius 1 is 1.21 bits per heavy atom. The van der Waals surface area contributed by atoms with Crippen LogP contribution in [0.4, 0.5) is 0 Å². The lowest BCUT2D eigenvalue weighted by molar-refractivity contribution is 0.170. The van der Waals surface area contributed by atoms with Crippen LogP contribution in [0.2, 0.25) is 0 Å². The summed E-state index contributed by atoms with van der Waals surface area (Å²) in [4.78, 5) is 2.32. The Bertz CT molecular complexity index is 367. The SMILES string of the molecule is CC(C)S(=O)(=O)CCN1CCC(C2CCCN2)CC1. The number of hydrogen-bond donors (Lipinski definition) is 1. The van der Waals surface area contributed by atoms with Crippen LogP contribution < -0.4 is 5.32 Å². The normalized spacial score (nSPS) is 27.2. The molecule has 4 nitrogen and oxygen atoms in total. The van der Waals surface area contributed by atoms with Crippen molar-refractivity contribution in [2.24, 2.45) is 5.92 Å². The largest absolute Gasteiger partial charge is 0.314 e. The molecule has 0 aromatic heterocycles. The van der Waals surface area contributed by atoms with Gasteiger partial charge in [-0.1, -0.05) is 0 Å². The standard InChI is InChI=1S/C14H28N2O2S/c1-12(2)19(17,18)11-10-16-8-5-13(6-9-16)14-4-3-7-15-14/h12-15H,3-11H2,1-2H3. The summed E-state index contributed by atoms with van der Waals surface area (Å²) in [7, 11) is -2.88. The third-order valence-electron chi connectivity index (χ3n) is 4.71. The lowest BCUT2D eigenvalue weighted by Crippen LogP contribution is -2.42. The molecule has 1 N–H and O–H groups in total. The van der Waals surface area contributed by atoms with E-state index in [1.54, 1.807) is 13.8 Å². The first kappa shape index (κ1) is 15.3. The van der Waals surface area contributed by atoms with Gasteiger partial charge in [0.05, 0.1) is 11.0 Å². The molecule has 5 heteroatoms. The zero-order valence-corrected chi connectivity index (χ0v) is 13.1. The average molecular weight is 288 g/mol. The van der Waals surface area contributed by atoms with Crippen molar-refractivity contribution in [3.63, 3.8) is 0 Å². The minimum atomic E-state index is -2.88. The molecule has 2 heterocycles. The van der Waals surface area contributed by atoms with E-state index in [4.69, 9.17) is 0 Å². The fraction of sp³-hybridized carbons (Fsp3) is 1.00. The van der Waals surface area contributed by atoms with Crippen molar-refractivity contribution in [1.82, 2.24) is 10.2 Å². The Morgan fingerprint density at radius 2 is 1.89 bits per heavy atom. The minimum absolute atomic E-state index is 0.243. The lowest BCUT2D eigenvalue weighted by Gasteiger charge is -2.34. The maximum Gasteiger partial charge on any atom is 0.153 e. The number of hydrogen-bond acceptors (Lipinski definition) is 4. The molecule has 0 saturated carbocycles. The van der Waals surface area contributed by atoms with Gasteiger partial charge >= 0.3 is 0 Å². The van der Waals surface area contributed by atoms with Crippen molar-refractivity contribution < 1.29 is 8.42 Å². The summed E-state index contributed by atoms with van der Waals surface area (Å²) < 4.78 is 23.6. The van der Waals surface area contributed by atoms with Gasteiger partial charge in [-0.25, -0.2) is 8.42 Å². The Labute approximate surface area is 117 Å². The summed E-state index contributed by atoms with van der Waals surface area (Å²) in [5, 5.41) is 3.36. The third-order valence-corrected chi connectivity index (χ3v) is 6.90. The van der Waals surface area contributed by atoms with Crippen molar-refractivity contribution >= 4 is 9.84 Å². The van der Waals surface area contributed by atoms with Crippen LogP contribution in [0.15, 0.2) is 0 Å². The predicted molar refractivity (Wildman–Crippen MR) is 79.1 cm³/mol. The van der Waals surface area contributed by atoms with Gasteiger partial charge in [0, 0.05) is 12.6 Å². The van der Waals surface area contributed by atoms with E-state index in [0.717, 1.165) is 25.0 Å². The van der Waals surface area contributed by atoms with Crippen molar-refractivity contribution in [3.05, 3.63) is 0 Å². The van der Waals surface area contributed by atoms with Crippen LogP contribution in [0.3, 0.4) is 0 Å². The van der Waals surface area contributed by atoms with E-state index >= 15 is 0 Å². The summed E-state index contributed by atoms with van der Waals surface area (Å²) in [5.41, 5.74) is 0. The van der Waals surface area contributed by atoms with E-state index in [1.807, 2.05) is 0 Å². The van der Waals surface area contributed by atoms with E-state index in [2.05, 4.69) is 10.2 Å². The quantitative estimate of drug-likeness (QED) is 0.828. The molecule has 19 heavy (non-hydrogen) atoms. The fourth-order valence-corrected chi connectivity index (χ4v) is 4.17. The van der Waals surface area contributed by atoms with Crippen LogP contribution in [0.5, 0.6) is 0 Å². The molecule has 0 aromatic carbocycles. The molecule has 2 saturated heterocycles. The van der Waals surface area contributed by atoms with Gasteiger partial charge in [-0.2, -0.15) is 0 Å². The molecule has 0 radical (unpaired) electrons. The van der Waals surface area contributed by atoms with E-state index in [1.165, 1.54) is 32.2 Å². The number of piperidine rings is 1. The van der Waals surface area contributed by atoms with Crippen LogP contribution in [0, 0.1) is 5.92 Å².